The molecule has 0 aliphatic rings. The van der Waals surface area contributed by atoms with Gasteiger partial charge in [0.05, 0.1) is 18.2 Å². The van der Waals surface area contributed by atoms with E-state index in [-0.39, 0.29) is 11.9 Å². The molecule has 0 saturated heterocycles. The average molecular weight is 219 g/mol. The van der Waals surface area contributed by atoms with Gasteiger partial charge in [0.25, 0.3) is 0 Å². The highest BCUT2D eigenvalue weighted by atomic mass is 19.1. The fourth-order valence-electron chi connectivity index (χ4n) is 1.64. The van der Waals surface area contributed by atoms with Crippen molar-refractivity contribution in [1.29, 1.82) is 0 Å². The lowest BCUT2D eigenvalue weighted by Gasteiger charge is -2.11. The van der Waals surface area contributed by atoms with Crippen molar-refractivity contribution in [2.45, 2.75) is 19.9 Å². The molecule has 0 radical (unpaired) electrons. The number of nitrogens with zero attached hydrogens (tertiary/aromatic N) is 2. The zero-order chi connectivity index (χ0) is 11.7. The molecule has 4 heteroatoms. The topological polar surface area (TPSA) is 43.8 Å². The molecule has 1 aromatic carbocycles. The first-order valence-electron chi connectivity index (χ1n) is 5.14. The van der Waals surface area contributed by atoms with E-state index in [2.05, 4.69) is 4.98 Å². The van der Waals surface area contributed by atoms with Crippen LogP contribution < -0.4 is 5.73 Å². The molecule has 0 fully saturated rings. The Kier molecular flexibility index (Phi) is 2.75. The van der Waals surface area contributed by atoms with Crippen LogP contribution in [0.1, 0.15) is 24.2 Å². The van der Waals surface area contributed by atoms with E-state index in [0.717, 1.165) is 11.4 Å². The summed E-state index contributed by atoms with van der Waals surface area (Å²) in [4.78, 5) is 4.06. The van der Waals surface area contributed by atoms with E-state index in [1.54, 1.807) is 31.6 Å². The van der Waals surface area contributed by atoms with Crippen LogP contribution >= 0.6 is 0 Å². The summed E-state index contributed by atoms with van der Waals surface area (Å²) >= 11 is 0. The highest BCUT2D eigenvalue weighted by molar-refractivity contribution is 5.38. The van der Waals surface area contributed by atoms with Gasteiger partial charge < -0.3 is 10.3 Å². The minimum atomic E-state index is -0.203. The smallest absolute Gasteiger partial charge is 0.126 e. The maximum Gasteiger partial charge on any atom is 0.126 e. The van der Waals surface area contributed by atoms with Gasteiger partial charge in [-0.05, 0) is 37.6 Å². The summed E-state index contributed by atoms with van der Waals surface area (Å²) in [6, 6.07) is 4.85. The van der Waals surface area contributed by atoms with E-state index in [9.17, 15) is 4.39 Å². The number of nitrogens with two attached hydrogens (primary N) is 1. The standard InChI is InChI=1S/C12H14FN3/c1-8-5-10(3-4-11(8)13)16-7-15-6-12(16)9(2)14/h3-7,9H,14H2,1-2H3/t9-/m0/s1. The van der Waals surface area contributed by atoms with Crippen molar-refractivity contribution in [3.8, 4) is 5.69 Å². The van der Waals surface area contributed by atoms with Crippen molar-refractivity contribution in [3.05, 3.63) is 47.8 Å². The number of rotatable bonds is 2. The Morgan fingerprint density at radius 2 is 2.19 bits per heavy atom. The highest BCUT2D eigenvalue weighted by Crippen LogP contribution is 2.18. The molecule has 16 heavy (non-hydrogen) atoms. The van der Waals surface area contributed by atoms with Crippen LogP contribution in [0, 0.1) is 12.7 Å². The van der Waals surface area contributed by atoms with E-state index in [0.29, 0.717) is 5.56 Å². The molecule has 0 aliphatic heterocycles. The molecule has 3 nitrogen and oxygen atoms in total. The lowest BCUT2D eigenvalue weighted by atomic mass is 10.2. The summed E-state index contributed by atoms with van der Waals surface area (Å²) < 4.78 is 15.0. The second-order valence-corrected chi connectivity index (χ2v) is 3.91. The predicted molar refractivity (Wildman–Crippen MR) is 60.9 cm³/mol. The van der Waals surface area contributed by atoms with Gasteiger partial charge in [0, 0.05) is 11.7 Å². The second-order valence-electron chi connectivity index (χ2n) is 3.91. The van der Waals surface area contributed by atoms with E-state index >= 15 is 0 Å². The summed E-state index contributed by atoms with van der Waals surface area (Å²) in [5, 5.41) is 0. The lowest BCUT2D eigenvalue weighted by molar-refractivity contribution is 0.617. The second kappa shape index (κ2) is 4.06. The Balaban J connectivity index is 2.50. The van der Waals surface area contributed by atoms with Crippen molar-refractivity contribution < 1.29 is 4.39 Å². The molecule has 0 aliphatic carbocycles. The molecule has 2 aromatic rings. The van der Waals surface area contributed by atoms with Crippen LogP contribution in [0.3, 0.4) is 0 Å². The number of hydrogen-bond donors (Lipinski definition) is 1. The third-order valence-corrected chi connectivity index (χ3v) is 2.55. The maximum atomic E-state index is 13.1. The number of halogens is 1. The van der Waals surface area contributed by atoms with Crippen LogP contribution in [-0.4, -0.2) is 9.55 Å². The molecule has 1 atom stereocenters. The molecular formula is C12H14FN3. The summed E-state index contributed by atoms with van der Waals surface area (Å²) in [5.74, 6) is -0.203. The molecule has 0 spiro atoms. The van der Waals surface area contributed by atoms with E-state index < -0.39 is 0 Å². The van der Waals surface area contributed by atoms with Crippen molar-refractivity contribution in [2.75, 3.05) is 0 Å². The number of hydrogen-bond acceptors (Lipinski definition) is 2. The molecule has 0 unspecified atom stereocenters. The number of aromatic nitrogens is 2. The molecule has 2 N–H and O–H groups in total. The van der Waals surface area contributed by atoms with Gasteiger partial charge in [0.2, 0.25) is 0 Å². The van der Waals surface area contributed by atoms with Gasteiger partial charge in [-0.1, -0.05) is 0 Å². The zero-order valence-corrected chi connectivity index (χ0v) is 9.31. The van der Waals surface area contributed by atoms with Gasteiger partial charge in [-0.3, -0.25) is 0 Å². The molecule has 2 rings (SSSR count). The van der Waals surface area contributed by atoms with Gasteiger partial charge in [-0.25, -0.2) is 9.37 Å². The number of aryl methyl sites for hydroxylation is 1. The summed E-state index contributed by atoms with van der Waals surface area (Å²) in [6.45, 7) is 3.63. The first-order valence-corrected chi connectivity index (χ1v) is 5.14. The maximum absolute atomic E-state index is 13.1. The van der Waals surface area contributed by atoms with Gasteiger partial charge in [0.15, 0.2) is 0 Å². The Morgan fingerprint density at radius 3 is 2.81 bits per heavy atom. The van der Waals surface area contributed by atoms with E-state index in [1.165, 1.54) is 6.07 Å². The van der Waals surface area contributed by atoms with Gasteiger partial charge in [-0.15, -0.1) is 0 Å². The third kappa shape index (κ3) is 1.84. The Bertz CT molecular complexity index is 503. The Morgan fingerprint density at radius 1 is 1.44 bits per heavy atom. The lowest BCUT2D eigenvalue weighted by Crippen LogP contribution is -2.10. The molecule has 1 heterocycles. The van der Waals surface area contributed by atoms with Crippen LogP contribution in [-0.2, 0) is 0 Å². The van der Waals surface area contributed by atoms with Crippen LogP contribution in [0.5, 0.6) is 0 Å². The third-order valence-electron chi connectivity index (χ3n) is 2.55. The first kappa shape index (κ1) is 10.8. The summed E-state index contributed by atoms with van der Waals surface area (Å²) in [6.07, 6.45) is 3.41. The van der Waals surface area contributed by atoms with Crippen LogP contribution in [0.4, 0.5) is 4.39 Å². The minimum Gasteiger partial charge on any atom is -0.323 e. The predicted octanol–water partition coefficient (Wildman–Crippen LogP) is 2.34. The molecule has 0 bridgehead atoms. The van der Waals surface area contributed by atoms with E-state index in [4.69, 9.17) is 5.73 Å². The Hall–Kier alpha value is -1.68. The normalized spacial score (nSPS) is 12.8. The van der Waals surface area contributed by atoms with Crippen molar-refractivity contribution in [2.24, 2.45) is 5.73 Å². The molecule has 1 aromatic heterocycles. The van der Waals surface area contributed by atoms with Gasteiger partial charge in [0.1, 0.15) is 5.82 Å². The largest absolute Gasteiger partial charge is 0.323 e. The average Bonchev–Trinajstić information content (AvgIpc) is 2.71. The first-order chi connectivity index (χ1) is 7.59. The van der Waals surface area contributed by atoms with Crippen molar-refractivity contribution >= 4 is 0 Å². The number of imidazole rings is 1. The Labute approximate surface area is 93.7 Å². The van der Waals surface area contributed by atoms with Gasteiger partial charge >= 0.3 is 0 Å². The molecular weight excluding hydrogens is 205 g/mol. The van der Waals surface area contributed by atoms with E-state index in [1.807, 2.05) is 11.5 Å². The summed E-state index contributed by atoms with van der Waals surface area (Å²) in [5.41, 5.74) is 8.23. The molecule has 84 valence electrons. The molecule has 0 amide bonds. The molecule has 0 saturated carbocycles. The summed E-state index contributed by atoms with van der Waals surface area (Å²) in [7, 11) is 0. The fraction of sp³-hybridized carbons (Fsp3) is 0.250. The van der Waals surface area contributed by atoms with Gasteiger partial charge in [-0.2, -0.15) is 0 Å². The van der Waals surface area contributed by atoms with Crippen molar-refractivity contribution in [3.63, 3.8) is 0 Å². The zero-order valence-electron chi connectivity index (χ0n) is 9.31. The fourth-order valence-corrected chi connectivity index (χ4v) is 1.64. The highest BCUT2D eigenvalue weighted by Gasteiger charge is 2.09. The minimum absolute atomic E-state index is 0.104. The quantitative estimate of drug-likeness (QED) is 0.842. The monoisotopic (exact) mass is 219 g/mol. The van der Waals surface area contributed by atoms with Crippen LogP contribution in [0.15, 0.2) is 30.7 Å². The van der Waals surface area contributed by atoms with Crippen LogP contribution in [0.25, 0.3) is 5.69 Å². The number of benzene rings is 1. The SMILES string of the molecule is Cc1cc(-n2cncc2[C@H](C)N)ccc1F. The van der Waals surface area contributed by atoms with Crippen molar-refractivity contribution in [1.82, 2.24) is 9.55 Å². The van der Waals surface area contributed by atoms with Crippen LogP contribution in [0.2, 0.25) is 0 Å².